The van der Waals surface area contributed by atoms with Crippen molar-refractivity contribution < 1.29 is 14.6 Å². The van der Waals surface area contributed by atoms with E-state index < -0.39 is 0 Å². The van der Waals surface area contributed by atoms with Gasteiger partial charge in [-0.05, 0) is 0 Å². The average Bonchev–Trinajstić information content (AvgIpc) is 2.77. The molecule has 0 bridgehead atoms. The molecule has 3 aromatic rings. The van der Waals surface area contributed by atoms with Crippen molar-refractivity contribution in [2.75, 3.05) is 6.61 Å². The molecule has 0 aliphatic rings. The second-order valence-electron chi connectivity index (χ2n) is 5.89. The van der Waals surface area contributed by atoms with Gasteiger partial charge in [-0.25, -0.2) is 0 Å². The van der Waals surface area contributed by atoms with Crippen molar-refractivity contribution in [2.45, 2.75) is 13.3 Å². The summed E-state index contributed by atoms with van der Waals surface area (Å²) in [5.74, 6) is 1.79. The number of nitrogens with zero attached hydrogens (tertiary/aromatic N) is 2. The van der Waals surface area contributed by atoms with Crippen molar-refractivity contribution in [1.82, 2.24) is 9.13 Å². The Bertz CT molecular complexity index is 991. The zero-order valence-corrected chi connectivity index (χ0v) is 16.9. The number of hydrogen-bond acceptors (Lipinski definition) is 4. The first-order valence-electron chi connectivity index (χ1n) is 8.00. The Kier molecular flexibility index (Phi) is 4.82. The third-order valence-electron chi connectivity index (χ3n) is 3.97. The van der Waals surface area contributed by atoms with Crippen LogP contribution in [-0.2, 0) is 14.1 Å². The number of aromatic nitrogens is 2. The molecule has 3 rings (SSSR count). The van der Waals surface area contributed by atoms with Crippen molar-refractivity contribution >= 4 is 32.2 Å². The van der Waals surface area contributed by atoms with E-state index in [9.17, 15) is 9.90 Å². The van der Waals surface area contributed by atoms with Crippen LogP contribution < -0.4 is 19.5 Å². The summed E-state index contributed by atoms with van der Waals surface area (Å²) in [5, 5.41) is 9.89. The molecule has 0 aliphatic heterocycles. The van der Waals surface area contributed by atoms with E-state index in [0.29, 0.717) is 23.9 Å². The minimum absolute atomic E-state index is 0.0772. The second-order valence-corrected chi connectivity index (χ2v) is 7.20. The van der Waals surface area contributed by atoms with Gasteiger partial charge in [0.15, 0.2) is 0 Å². The van der Waals surface area contributed by atoms with E-state index in [0.717, 1.165) is 21.8 Å². The predicted molar refractivity (Wildman–Crippen MR) is 100 cm³/mol. The molecule has 1 unspecified atom stereocenters. The molecular weight excluding hydrogens is 383 g/mol. The van der Waals surface area contributed by atoms with E-state index in [-0.39, 0.29) is 11.4 Å². The van der Waals surface area contributed by atoms with Gasteiger partial charge in [0.05, 0.1) is 0 Å². The minimum atomic E-state index is -0.0772. The second kappa shape index (κ2) is 6.88. The molecule has 132 valence electrons. The van der Waals surface area contributed by atoms with Gasteiger partial charge in [0.1, 0.15) is 0 Å². The molecule has 1 atom stereocenters. The van der Waals surface area contributed by atoms with Gasteiger partial charge in [0, 0.05) is 0 Å². The maximum absolute atomic E-state index is 12.1. The average molecular weight is 404 g/mol. The number of benzene rings is 2. The van der Waals surface area contributed by atoms with Gasteiger partial charge >= 0.3 is 154 Å². The molecule has 1 heterocycles. The Morgan fingerprint density at radius 1 is 1.04 bits per heavy atom. The molecule has 0 fully saturated rings. The molecule has 0 radical (unpaired) electrons. The van der Waals surface area contributed by atoms with Crippen LogP contribution in [0.5, 0.6) is 23.0 Å². The zero-order chi connectivity index (χ0) is 18.1. The number of ether oxygens (including phenoxy) is 2. The molecule has 7 heteroatoms. The summed E-state index contributed by atoms with van der Waals surface area (Å²) < 4.78 is 15.7. The fourth-order valence-electron chi connectivity index (χ4n) is 2.68. The van der Waals surface area contributed by atoms with Crippen LogP contribution >= 0.6 is 0 Å². The van der Waals surface area contributed by atoms with Gasteiger partial charge in [-0.3, -0.25) is 0 Å². The molecule has 0 spiro atoms. The quantitative estimate of drug-likeness (QED) is 0.654. The Morgan fingerprint density at radius 2 is 1.68 bits per heavy atom. The summed E-state index contributed by atoms with van der Waals surface area (Å²) in [6, 6.07) is 8.65. The zero-order valence-electron chi connectivity index (χ0n) is 14.4. The summed E-state index contributed by atoms with van der Waals surface area (Å²) in [5.41, 5.74) is 1.58. The van der Waals surface area contributed by atoms with Crippen LogP contribution in [0.15, 0.2) is 35.1 Å². The first-order chi connectivity index (χ1) is 11.9. The van der Waals surface area contributed by atoms with Gasteiger partial charge in [-0.2, -0.15) is 0 Å². The van der Waals surface area contributed by atoms with E-state index in [1.54, 1.807) is 41.4 Å². The standard InChI is InChI=1S/C18H21AsN2O4/c1-4-5-24-12-6-11(22)7-13(8-12)25-17-10-16-15(9-14(17)19)20(2)18(23)21(16)3/h6-10,22H,4-5,19H2,1-3H3. The molecule has 25 heavy (non-hydrogen) atoms. The van der Waals surface area contributed by atoms with Crippen LogP contribution in [0.25, 0.3) is 11.0 Å². The molecule has 0 aliphatic carbocycles. The van der Waals surface area contributed by atoms with Gasteiger partial charge in [0.25, 0.3) is 0 Å². The van der Waals surface area contributed by atoms with Crippen LogP contribution in [0.4, 0.5) is 0 Å². The number of fused-ring (bicyclic) bond motifs is 1. The summed E-state index contributed by atoms with van der Waals surface area (Å²) >= 11 is 1.40. The molecule has 1 aromatic heterocycles. The first-order valence-corrected chi connectivity index (χ1v) is 9.21. The van der Waals surface area contributed by atoms with Gasteiger partial charge < -0.3 is 0 Å². The molecule has 0 saturated heterocycles. The topological polar surface area (TPSA) is 65.6 Å². The third-order valence-corrected chi connectivity index (χ3v) is 4.92. The van der Waals surface area contributed by atoms with E-state index in [1.807, 2.05) is 19.1 Å². The maximum atomic E-state index is 12.1. The summed E-state index contributed by atoms with van der Waals surface area (Å²) in [6.45, 7) is 2.59. The summed E-state index contributed by atoms with van der Waals surface area (Å²) in [6.07, 6.45) is 0.881. The van der Waals surface area contributed by atoms with E-state index >= 15 is 0 Å². The number of imidazole rings is 1. The van der Waals surface area contributed by atoms with Crippen LogP contribution in [0.3, 0.4) is 0 Å². The van der Waals surface area contributed by atoms with Crippen LogP contribution in [-0.4, -0.2) is 37.7 Å². The normalized spacial score (nSPS) is 11.0. The molecule has 6 nitrogen and oxygen atoms in total. The summed E-state index contributed by atoms with van der Waals surface area (Å²) in [7, 11) is 3.49. The van der Waals surface area contributed by atoms with Gasteiger partial charge in [-0.1, -0.05) is 0 Å². The third kappa shape index (κ3) is 3.40. The summed E-state index contributed by atoms with van der Waals surface area (Å²) in [4.78, 5) is 12.1. The molecule has 2 aromatic carbocycles. The van der Waals surface area contributed by atoms with Crippen molar-refractivity contribution in [2.24, 2.45) is 14.1 Å². The number of hydrogen-bond donors (Lipinski definition) is 1. The van der Waals surface area contributed by atoms with E-state index in [4.69, 9.17) is 9.47 Å². The number of rotatable bonds is 5. The number of phenolic OH excluding ortho intramolecular Hbond substituents is 1. The molecular formula is C18H21AsN2O4. The van der Waals surface area contributed by atoms with Crippen molar-refractivity contribution in [3.63, 3.8) is 0 Å². The van der Waals surface area contributed by atoms with E-state index in [1.165, 1.54) is 16.9 Å². The van der Waals surface area contributed by atoms with Gasteiger partial charge in [-0.15, -0.1) is 0 Å². The van der Waals surface area contributed by atoms with Crippen molar-refractivity contribution in [3.8, 4) is 23.0 Å². The number of aromatic hydroxyl groups is 1. The Labute approximate surface area is 154 Å². The molecule has 1 N–H and O–H groups in total. The van der Waals surface area contributed by atoms with E-state index in [2.05, 4.69) is 0 Å². The monoisotopic (exact) mass is 404 g/mol. The Hall–Kier alpha value is -2.33. The molecule has 0 saturated carbocycles. The van der Waals surface area contributed by atoms with Crippen molar-refractivity contribution in [3.05, 3.63) is 40.8 Å². The van der Waals surface area contributed by atoms with Crippen LogP contribution in [0.1, 0.15) is 13.3 Å². The van der Waals surface area contributed by atoms with Crippen LogP contribution in [0.2, 0.25) is 0 Å². The van der Waals surface area contributed by atoms with Crippen LogP contribution in [0, 0.1) is 0 Å². The van der Waals surface area contributed by atoms with Gasteiger partial charge in [0.2, 0.25) is 0 Å². The Balaban J connectivity index is 2.00. The first kappa shape index (κ1) is 17.5. The SMILES string of the molecule is CCCOc1cc(O)cc(Oc2cc3c(cc2[AsH2])n(C)c(=O)n3C)c1. The van der Waals surface area contributed by atoms with Crippen molar-refractivity contribution in [1.29, 1.82) is 0 Å². The predicted octanol–water partition coefficient (Wildman–Crippen LogP) is 1.42. The Morgan fingerprint density at radius 3 is 2.36 bits per heavy atom. The number of aryl methyl sites for hydroxylation is 2. The fourth-order valence-corrected chi connectivity index (χ4v) is 3.31. The fraction of sp³-hybridized carbons (Fsp3) is 0.278. The molecule has 0 amide bonds. The number of phenols is 1.